The van der Waals surface area contributed by atoms with Crippen molar-refractivity contribution in [2.24, 2.45) is 0 Å². The Labute approximate surface area is 141 Å². The van der Waals surface area contributed by atoms with Crippen molar-refractivity contribution in [3.05, 3.63) is 46.2 Å². The summed E-state index contributed by atoms with van der Waals surface area (Å²) in [5.74, 6) is 0.547. The summed E-state index contributed by atoms with van der Waals surface area (Å²) in [7, 11) is 0. The van der Waals surface area contributed by atoms with E-state index in [2.05, 4.69) is 46.5 Å². The van der Waals surface area contributed by atoms with Gasteiger partial charge < -0.3 is 0 Å². The Hall–Kier alpha value is -1.55. The average molecular weight is 383 g/mol. The van der Waals surface area contributed by atoms with E-state index in [0.717, 1.165) is 9.78 Å². The van der Waals surface area contributed by atoms with E-state index in [4.69, 9.17) is 0 Å². The number of anilines is 1. The molecular formula is C16H18ClN3OSe. The first-order valence-electron chi connectivity index (χ1n) is 6.90. The van der Waals surface area contributed by atoms with Crippen molar-refractivity contribution in [2.45, 2.75) is 26.8 Å². The number of halogens is 1. The molecule has 0 aliphatic rings. The Morgan fingerprint density at radius 2 is 1.91 bits per heavy atom. The molecule has 6 heteroatoms. The van der Waals surface area contributed by atoms with Crippen LogP contribution in [-0.2, 0) is 0 Å². The monoisotopic (exact) mass is 383 g/mol. The van der Waals surface area contributed by atoms with Gasteiger partial charge in [0.15, 0.2) is 0 Å². The largest absolute Gasteiger partial charge is 0.147 e. The van der Waals surface area contributed by atoms with E-state index >= 15 is 0 Å². The van der Waals surface area contributed by atoms with Crippen LogP contribution in [0.25, 0.3) is 19.8 Å². The normalized spacial score (nSPS) is 10.7. The van der Waals surface area contributed by atoms with Crippen molar-refractivity contribution in [1.82, 2.24) is 9.97 Å². The van der Waals surface area contributed by atoms with Crippen LogP contribution in [0.4, 0.5) is 5.95 Å². The maximum absolute atomic E-state index is 12.2. The number of H-pyrrole nitrogens is 1. The second-order valence-corrected chi connectivity index (χ2v) is 7.61. The Kier molecular flexibility index (Phi) is 5.12. The third-order valence-corrected chi connectivity index (χ3v) is 5.60. The summed E-state index contributed by atoms with van der Waals surface area (Å²) in [4.78, 5) is 19.5. The summed E-state index contributed by atoms with van der Waals surface area (Å²) in [6.45, 7) is 6.11. The van der Waals surface area contributed by atoms with Crippen LogP contribution in [0, 0.1) is 6.92 Å². The summed E-state index contributed by atoms with van der Waals surface area (Å²) < 4.78 is 2.02. The van der Waals surface area contributed by atoms with Crippen molar-refractivity contribution in [3.63, 3.8) is 0 Å². The van der Waals surface area contributed by atoms with Crippen molar-refractivity contribution in [1.29, 1.82) is 0 Å². The van der Waals surface area contributed by atoms with Gasteiger partial charge in [0.05, 0.1) is 0 Å². The zero-order chi connectivity index (χ0) is 15.0. The van der Waals surface area contributed by atoms with Crippen LogP contribution in [0.1, 0.15) is 19.4 Å². The van der Waals surface area contributed by atoms with Crippen LogP contribution in [0.5, 0.6) is 0 Å². The van der Waals surface area contributed by atoms with E-state index in [9.17, 15) is 4.79 Å². The predicted octanol–water partition coefficient (Wildman–Crippen LogP) is 3.20. The van der Waals surface area contributed by atoms with Crippen LogP contribution in [0.3, 0.4) is 0 Å². The number of fused-ring (bicyclic) bond motifs is 1. The first-order chi connectivity index (χ1) is 10.0. The van der Waals surface area contributed by atoms with Crippen molar-refractivity contribution >= 4 is 42.6 Å². The molecular weight excluding hydrogens is 365 g/mol. The number of aryl methyl sites for hydroxylation is 1. The van der Waals surface area contributed by atoms with Gasteiger partial charge in [0.2, 0.25) is 0 Å². The number of aromatic nitrogens is 2. The minimum atomic E-state index is -0.0264. The molecule has 0 saturated heterocycles. The van der Waals surface area contributed by atoms with Crippen LogP contribution < -0.4 is 10.9 Å². The number of benzene rings is 1. The Balaban J connectivity index is 0.00000176. The van der Waals surface area contributed by atoms with Gasteiger partial charge in [0.1, 0.15) is 0 Å². The third-order valence-electron chi connectivity index (χ3n) is 3.14. The second kappa shape index (κ2) is 6.69. The van der Waals surface area contributed by atoms with Crippen molar-refractivity contribution in [2.75, 3.05) is 5.32 Å². The van der Waals surface area contributed by atoms with E-state index in [1.807, 2.05) is 19.9 Å². The van der Waals surface area contributed by atoms with Gasteiger partial charge in [-0.15, -0.1) is 12.4 Å². The van der Waals surface area contributed by atoms with Gasteiger partial charge in [-0.3, -0.25) is 0 Å². The molecule has 2 heterocycles. The molecule has 0 saturated carbocycles. The molecule has 3 rings (SSSR count). The summed E-state index contributed by atoms with van der Waals surface area (Å²) >= 11 is 0.0154. The zero-order valence-corrected chi connectivity index (χ0v) is 15.2. The molecule has 0 unspecified atom stereocenters. The van der Waals surface area contributed by atoms with Gasteiger partial charge in [0.25, 0.3) is 0 Å². The smallest absolute Gasteiger partial charge is 0.147 e. The number of nitrogens with zero attached hydrogens (tertiary/aromatic N) is 1. The number of nitrogens with one attached hydrogen (secondary N) is 2. The van der Waals surface area contributed by atoms with Gasteiger partial charge in [-0.25, -0.2) is 0 Å². The maximum Gasteiger partial charge on any atom is -0.147 e. The van der Waals surface area contributed by atoms with Gasteiger partial charge in [0, 0.05) is 0 Å². The predicted molar refractivity (Wildman–Crippen MR) is 95.5 cm³/mol. The number of hydrogen-bond donors (Lipinski definition) is 2. The fourth-order valence-corrected chi connectivity index (χ4v) is 4.23. The van der Waals surface area contributed by atoms with E-state index in [-0.39, 0.29) is 38.5 Å². The first kappa shape index (κ1) is 16.8. The van der Waals surface area contributed by atoms with E-state index < -0.39 is 0 Å². The Bertz CT molecular complexity index is 837. The molecule has 22 heavy (non-hydrogen) atoms. The topological polar surface area (TPSA) is 57.8 Å². The minimum Gasteiger partial charge on any atom is -0.147 e. The van der Waals surface area contributed by atoms with Gasteiger partial charge in [-0.1, -0.05) is 0 Å². The molecule has 0 aliphatic carbocycles. The molecule has 0 radical (unpaired) electrons. The molecule has 0 bridgehead atoms. The molecule has 116 valence electrons. The summed E-state index contributed by atoms with van der Waals surface area (Å²) in [6, 6.07) is 10.7. The van der Waals surface area contributed by atoms with Crippen molar-refractivity contribution < 1.29 is 0 Å². The molecule has 3 aromatic rings. The van der Waals surface area contributed by atoms with Gasteiger partial charge in [-0.05, 0) is 0 Å². The number of hydrogen-bond acceptors (Lipinski definition) is 3. The zero-order valence-electron chi connectivity index (χ0n) is 12.6. The molecule has 4 nitrogen and oxygen atoms in total. The standard InChI is InChI=1S/C16H17N3OSe.ClH/c1-9(2)17-16-18-12-8-13(21-14(12)15(20)19-16)11-6-4-10(3)5-7-11;/h4-9H,1-3H3,(H2,17,18,19,20);1H. The summed E-state index contributed by atoms with van der Waals surface area (Å²) in [5.41, 5.74) is 3.19. The first-order valence-corrected chi connectivity index (χ1v) is 8.61. The van der Waals surface area contributed by atoms with Gasteiger partial charge in [-0.2, -0.15) is 0 Å². The van der Waals surface area contributed by atoms with Gasteiger partial charge >= 0.3 is 129 Å². The fraction of sp³-hybridized carbons (Fsp3) is 0.250. The van der Waals surface area contributed by atoms with Crippen LogP contribution in [-0.4, -0.2) is 30.5 Å². The maximum atomic E-state index is 12.2. The molecule has 0 atom stereocenters. The molecule has 0 amide bonds. The van der Waals surface area contributed by atoms with Crippen LogP contribution >= 0.6 is 12.4 Å². The Morgan fingerprint density at radius 1 is 1.23 bits per heavy atom. The summed E-state index contributed by atoms with van der Waals surface area (Å²) in [5, 5.41) is 3.15. The molecule has 2 N–H and O–H groups in total. The van der Waals surface area contributed by atoms with Crippen LogP contribution in [0.2, 0.25) is 0 Å². The number of aromatic amines is 1. The third kappa shape index (κ3) is 3.43. The van der Waals surface area contributed by atoms with E-state index in [0.29, 0.717) is 5.95 Å². The second-order valence-electron chi connectivity index (χ2n) is 5.40. The van der Waals surface area contributed by atoms with E-state index in [1.165, 1.54) is 15.6 Å². The van der Waals surface area contributed by atoms with Crippen molar-refractivity contribution in [3.8, 4) is 10.0 Å². The molecule has 0 spiro atoms. The number of rotatable bonds is 3. The SMILES string of the molecule is Cc1ccc(-c2cc3nc(NC(C)C)[nH]c(=O)c3[se]2)cc1.Cl. The van der Waals surface area contributed by atoms with E-state index in [1.54, 1.807) is 0 Å². The summed E-state index contributed by atoms with van der Waals surface area (Å²) in [6.07, 6.45) is 0. The van der Waals surface area contributed by atoms with Crippen LogP contribution in [0.15, 0.2) is 35.1 Å². The quantitative estimate of drug-likeness (QED) is 0.684. The molecule has 1 aromatic carbocycles. The molecule has 2 aromatic heterocycles. The average Bonchev–Trinajstić information content (AvgIpc) is 2.83. The fourth-order valence-electron chi connectivity index (χ4n) is 2.14. The minimum absolute atomic E-state index is 0. The molecule has 0 fully saturated rings. The Morgan fingerprint density at radius 3 is 2.55 bits per heavy atom. The molecule has 0 aliphatic heterocycles.